The Morgan fingerprint density at radius 1 is 0.870 bits per heavy atom. The smallest absolute Gasteiger partial charge is 0.251 e. The van der Waals surface area contributed by atoms with Gasteiger partial charge >= 0.3 is 0 Å². The van der Waals surface area contributed by atoms with E-state index in [2.05, 4.69) is 26.6 Å². The monoisotopic (exact) mass is 374 g/mol. The topological polar surface area (TPSA) is 58.2 Å². The lowest BCUT2D eigenvalue weighted by molar-refractivity contribution is -0.120. The number of carbonyl (C=O) groups is 2. The molecule has 2 amide bonds. The first-order chi connectivity index (χ1) is 11.1. The molecule has 0 radical (unpaired) electrons. The molecule has 0 saturated carbocycles. The van der Waals surface area contributed by atoms with Crippen LogP contribution in [0, 0.1) is 0 Å². The van der Waals surface area contributed by atoms with Crippen molar-refractivity contribution in [3.05, 3.63) is 70.2 Å². The molecule has 0 aliphatic rings. The summed E-state index contributed by atoms with van der Waals surface area (Å²) in [5, 5.41) is 5.60. The lowest BCUT2D eigenvalue weighted by Gasteiger charge is -2.07. The molecule has 5 heteroatoms. The van der Waals surface area contributed by atoms with Crippen LogP contribution in [-0.2, 0) is 11.2 Å². The standard InChI is InChI=1S/C18H19BrN2O2/c19-16-8-6-15(7-9-16)18(23)21-13-11-17(22)20-12-10-14-4-2-1-3-5-14/h1-9H,10-13H2,(H,20,22)(H,21,23). The molecule has 23 heavy (non-hydrogen) atoms. The minimum absolute atomic E-state index is 0.0583. The highest BCUT2D eigenvalue weighted by atomic mass is 79.9. The Labute approximate surface area is 144 Å². The number of hydrogen-bond donors (Lipinski definition) is 2. The highest BCUT2D eigenvalue weighted by Crippen LogP contribution is 2.10. The van der Waals surface area contributed by atoms with Gasteiger partial charge in [-0.3, -0.25) is 9.59 Å². The predicted molar refractivity (Wildman–Crippen MR) is 94.2 cm³/mol. The fourth-order valence-corrected chi connectivity index (χ4v) is 2.34. The third-order valence-electron chi connectivity index (χ3n) is 3.32. The summed E-state index contributed by atoms with van der Waals surface area (Å²) in [5.41, 5.74) is 1.77. The number of amides is 2. The number of halogens is 1. The minimum atomic E-state index is -0.172. The molecule has 0 spiro atoms. The van der Waals surface area contributed by atoms with Crippen molar-refractivity contribution in [2.45, 2.75) is 12.8 Å². The molecule has 4 nitrogen and oxygen atoms in total. The van der Waals surface area contributed by atoms with Crippen molar-refractivity contribution in [1.29, 1.82) is 0 Å². The second kappa shape index (κ2) is 9.10. The van der Waals surface area contributed by atoms with Crippen molar-refractivity contribution in [2.24, 2.45) is 0 Å². The van der Waals surface area contributed by atoms with Crippen LogP contribution in [-0.4, -0.2) is 24.9 Å². The van der Waals surface area contributed by atoms with Crippen molar-refractivity contribution in [3.8, 4) is 0 Å². The minimum Gasteiger partial charge on any atom is -0.356 e. The van der Waals surface area contributed by atoms with E-state index in [1.807, 2.05) is 42.5 Å². The van der Waals surface area contributed by atoms with Gasteiger partial charge in [0.25, 0.3) is 5.91 Å². The van der Waals surface area contributed by atoms with E-state index in [0.717, 1.165) is 10.9 Å². The van der Waals surface area contributed by atoms with Crippen LogP contribution in [0.3, 0.4) is 0 Å². The van der Waals surface area contributed by atoms with Crippen LogP contribution in [0.2, 0.25) is 0 Å². The molecule has 0 unspecified atom stereocenters. The number of carbonyl (C=O) groups excluding carboxylic acids is 2. The van der Waals surface area contributed by atoms with Crippen LogP contribution < -0.4 is 10.6 Å². The van der Waals surface area contributed by atoms with Gasteiger partial charge in [0.15, 0.2) is 0 Å². The van der Waals surface area contributed by atoms with Crippen LogP contribution in [0.25, 0.3) is 0 Å². The molecule has 0 bridgehead atoms. The van der Waals surface area contributed by atoms with E-state index < -0.39 is 0 Å². The Morgan fingerprint density at radius 2 is 1.57 bits per heavy atom. The zero-order valence-corrected chi connectivity index (χ0v) is 14.3. The lowest BCUT2D eigenvalue weighted by Crippen LogP contribution is -2.31. The second-order valence-electron chi connectivity index (χ2n) is 5.10. The van der Waals surface area contributed by atoms with Gasteiger partial charge in [0.1, 0.15) is 0 Å². The molecule has 0 aliphatic heterocycles. The molecule has 0 aliphatic carbocycles. The maximum Gasteiger partial charge on any atom is 0.251 e. The number of rotatable bonds is 7. The van der Waals surface area contributed by atoms with Crippen LogP contribution in [0.5, 0.6) is 0 Å². The largest absolute Gasteiger partial charge is 0.356 e. The van der Waals surface area contributed by atoms with Gasteiger partial charge in [0, 0.05) is 29.5 Å². The van der Waals surface area contributed by atoms with E-state index in [9.17, 15) is 9.59 Å². The summed E-state index contributed by atoms with van der Waals surface area (Å²) in [6.07, 6.45) is 1.08. The van der Waals surface area contributed by atoms with E-state index in [1.54, 1.807) is 12.1 Å². The highest BCUT2D eigenvalue weighted by molar-refractivity contribution is 9.10. The fourth-order valence-electron chi connectivity index (χ4n) is 2.07. The SMILES string of the molecule is O=C(CCNC(=O)c1ccc(Br)cc1)NCCc1ccccc1. The Kier molecular flexibility index (Phi) is 6.81. The van der Waals surface area contributed by atoms with E-state index >= 15 is 0 Å². The zero-order valence-electron chi connectivity index (χ0n) is 12.7. The summed E-state index contributed by atoms with van der Waals surface area (Å²) in [6.45, 7) is 0.926. The third kappa shape index (κ3) is 6.24. The van der Waals surface area contributed by atoms with E-state index in [-0.39, 0.29) is 18.2 Å². The van der Waals surface area contributed by atoms with Crippen LogP contribution in [0.4, 0.5) is 0 Å². The second-order valence-corrected chi connectivity index (χ2v) is 6.01. The summed E-state index contributed by atoms with van der Waals surface area (Å²) in [7, 11) is 0. The summed E-state index contributed by atoms with van der Waals surface area (Å²) in [4.78, 5) is 23.6. The molecule has 0 fully saturated rings. The van der Waals surface area contributed by atoms with Gasteiger partial charge in [0.2, 0.25) is 5.91 Å². The number of nitrogens with one attached hydrogen (secondary N) is 2. The molecular weight excluding hydrogens is 356 g/mol. The van der Waals surface area contributed by atoms with Gasteiger partial charge in [-0.05, 0) is 36.2 Å². The molecule has 0 saturated heterocycles. The number of hydrogen-bond acceptors (Lipinski definition) is 2. The summed E-state index contributed by atoms with van der Waals surface area (Å²) >= 11 is 3.32. The van der Waals surface area contributed by atoms with E-state index in [1.165, 1.54) is 5.56 Å². The molecule has 2 rings (SSSR count). The van der Waals surface area contributed by atoms with Gasteiger partial charge in [-0.1, -0.05) is 46.3 Å². The molecule has 0 heterocycles. The van der Waals surface area contributed by atoms with Gasteiger partial charge in [-0.2, -0.15) is 0 Å². The van der Waals surface area contributed by atoms with Crippen molar-refractivity contribution in [2.75, 3.05) is 13.1 Å². The average Bonchev–Trinajstić information content (AvgIpc) is 2.56. The number of benzene rings is 2. The Morgan fingerprint density at radius 3 is 2.26 bits per heavy atom. The van der Waals surface area contributed by atoms with Gasteiger partial charge in [0.05, 0.1) is 0 Å². The van der Waals surface area contributed by atoms with Gasteiger partial charge < -0.3 is 10.6 Å². The van der Waals surface area contributed by atoms with Crippen molar-refractivity contribution in [1.82, 2.24) is 10.6 Å². The van der Waals surface area contributed by atoms with Crippen molar-refractivity contribution in [3.63, 3.8) is 0 Å². The Balaban J connectivity index is 1.62. The molecule has 0 aromatic heterocycles. The van der Waals surface area contributed by atoms with Gasteiger partial charge in [-0.25, -0.2) is 0 Å². The van der Waals surface area contributed by atoms with E-state index in [4.69, 9.17) is 0 Å². The Hall–Kier alpha value is -2.14. The van der Waals surface area contributed by atoms with Crippen molar-refractivity contribution < 1.29 is 9.59 Å². The quantitative estimate of drug-likeness (QED) is 0.782. The molecule has 2 N–H and O–H groups in total. The lowest BCUT2D eigenvalue weighted by atomic mass is 10.1. The average molecular weight is 375 g/mol. The first-order valence-corrected chi connectivity index (χ1v) is 8.29. The van der Waals surface area contributed by atoms with Crippen LogP contribution >= 0.6 is 15.9 Å². The summed E-state index contributed by atoms with van der Waals surface area (Å²) in [6, 6.07) is 17.1. The first kappa shape index (κ1) is 17.2. The molecule has 0 atom stereocenters. The molecular formula is C18H19BrN2O2. The van der Waals surface area contributed by atoms with Crippen LogP contribution in [0.1, 0.15) is 22.3 Å². The summed E-state index contributed by atoms with van der Waals surface area (Å²) in [5.74, 6) is -0.230. The van der Waals surface area contributed by atoms with Crippen molar-refractivity contribution >= 4 is 27.7 Å². The van der Waals surface area contributed by atoms with Gasteiger partial charge in [-0.15, -0.1) is 0 Å². The maximum absolute atomic E-state index is 11.9. The maximum atomic E-state index is 11.9. The Bertz CT molecular complexity index is 642. The normalized spacial score (nSPS) is 10.1. The zero-order chi connectivity index (χ0) is 16.5. The van der Waals surface area contributed by atoms with E-state index in [0.29, 0.717) is 18.7 Å². The predicted octanol–water partition coefficient (Wildman–Crippen LogP) is 2.93. The molecule has 2 aromatic rings. The first-order valence-electron chi connectivity index (χ1n) is 7.49. The molecule has 120 valence electrons. The van der Waals surface area contributed by atoms with Crippen LogP contribution in [0.15, 0.2) is 59.1 Å². The fraction of sp³-hybridized carbons (Fsp3) is 0.222. The molecule has 2 aromatic carbocycles. The third-order valence-corrected chi connectivity index (χ3v) is 3.85. The summed E-state index contributed by atoms with van der Waals surface area (Å²) < 4.78 is 0.923. The highest BCUT2D eigenvalue weighted by Gasteiger charge is 2.06.